The van der Waals surface area contributed by atoms with Crippen molar-refractivity contribution in [1.82, 2.24) is 4.90 Å². The van der Waals surface area contributed by atoms with Crippen molar-refractivity contribution in [1.29, 1.82) is 0 Å². The summed E-state index contributed by atoms with van der Waals surface area (Å²) in [6.45, 7) is 7.68. The smallest absolute Gasteiger partial charge is 0.173 e. The lowest BCUT2D eigenvalue weighted by Crippen LogP contribution is -2.28. The van der Waals surface area contributed by atoms with Crippen molar-refractivity contribution >= 4 is 38.1 Å². The fraction of sp³-hybridized carbons (Fsp3) is 0.700. The van der Waals surface area contributed by atoms with Crippen molar-refractivity contribution in [2.45, 2.75) is 26.0 Å². The second-order valence-corrected chi connectivity index (χ2v) is 7.47. The van der Waals surface area contributed by atoms with Crippen LogP contribution in [0.1, 0.15) is 20.8 Å². The van der Waals surface area contributed by atoms with Crippen LogP contribution in [0.3, 0.4) is 0 Å². The summed E-state index contributed by atoms with van der Waals surface area (Å²) in [6.07, 6.45) is 0. The van der Waals surface area contributed by atoms with E-state index in [0.717, 1.165) is 23.0 Å². The van der Waals surface area contributed by atoms with Crippen LogP contribution in [0, 0.1) is 0 Å². The molecule has 0 fully saturated rings. The number of nitrogens with zero attached hydrogens (tertiary/aromatic N) is 1. The summed E-state index contributed by atoms with van der Waals surface area (Å²) in [7, 11) is -2.99. The fourth-order valence-corrected chi connectivity index (χ4v) is 5.51. The van der Waals surface area contributed by atoms with Gasteiger partial charge in [0.25, 0.3) is 0 Å². The largest absolute Gasteiger partial charge is 0.358 e. The fourth-order valence-electron chi connectivity index (χ4n) is 1.55. The molecule has 0 unspecified atom stereocenters. The van der Waals surface area contributed by atoms with Crippen molar-refractivity contribution in [3.05, 3.63) is 11.0 Å². The zero-order chi connectivity index (χ0) is 12.3. The maximum atomic E-state index is 11.4. The highest BCUT2D eigenvalue weighted by Gasteiger charge is 2.29. The van der Waals surface area contributed by atoms with Gasteiger partial charge in [-0.3, -0.25) is 0 Å². The zero-order valence-corrected chi connectivity index (χ0v) is 12.2. The highest BCUT2D eigenvalue weighted by molar-refractivity contribution is 8.23. The topological polar surface area (TPSA) is 37.4 Å². The summed E-state index contributed by atoms with van der Waals surface area (Å²) in [4.78, 5) is 2.07. The molecule has 6 heteroatoms. The van der Waals surface area contributed by atoms with Gasteiger partial charge in [-0.25, -0.2) is 8.42 Å². The van der Waals surface area contributed by atoms with Gasteiger partial charge in [0.15, 0.2) is 9.84 Å². The lowest BCUT2D eigenvalue weighted by molar-refractivity contribution is 0.482. The molecule has 0 radical (unpaired) electrons. The molecule has 1 aliphatic heterocycles. The van der Waals surface area contributed by atoms with Gasteiger partial charge in [0.05, 0.1) is 5.75 Å². The first-order valence-corrected chi connectivity index (χ1v) is 8.26. The molecule has 0 bridgehead atoms. The average Bonchev–Trinajstić information content (AvgIpc) is 2.41. The van der Waals surface area contributed by atoms with Crippen molar-refractivity contribution < 1.29 is 8.42 Å². The predicted octanol–water partition coefficient (Wildman–Crippen LogP) is 2.05. The summed E-state index contributed by atoms with van der Waals surface area (Å²) < 4.78 is 23.6. The molecule has 0 saturated carbocycles. The standard InChI is InChI=1S/C10H17NO2S3/c1-4-11(5-2)10(14)15-9-7-16(12,13)6-8(9)3/h6,9H,4-5,7H2,1-3H3/t9-/m0/s1. The molecule has 0 spiro atoms. The van der Waals surface area contributed by atoms with Crippen LogP contribution in [0.15, 0.2) is 11.0 Å². The predicted molar refractivity (Wildman–Crippen MR) is 74.4 cm³/mol. The number of hydrogen-bond donors (Lipinski definition) is 0. The van der Waals surface area contributed by atoms with Gasteiger partial charge in [0.2, 0.25) is 0 Å². The summed E-state index contributed by atoms with van der Waals surface area (Å²) in [5.74, 6) is 0.185. The Morgan fingerprint density at radius 1 is 1.56 bits per heavy atom. The highest BCUT2D eigenvalue weighted by Crippen LogP contribution is 2.29. The van der Waals surface area contributed by atoms with Crippen molar-refractivity contribution in [3.8, 4) is 0 Å². The van der Waals surface area contributed by atoms with Crippen LogP contribution in [0.4, 0.5) is 0 Å². The van der Waals surface area contributed by atoms with E-state index in [2.05, 4.69) is 4.90 Å². The van der Waals surface area contributed by atoms with Gasteiger partial charge in [-0.2, -0.15) is 0 Å². The van der Waals surface area contributed by atoms with E-state index in [9.17, 15) is 8.42 Å². The van der Waals surface area contributed by atoms with E-state index in [0.29, 0.717) is 0 Å². The van der Waals surface area contributed by atoms with Crippen molar-refractivity contribution in [3.63, 3.8) is 0 Å². The quantitative estimate of drug-likeness (QED) is 0.739. The molecule has 3 nitrogen and oxygen atoms in total. The minimum Gasteiger partial charge on any atom is -0.358 e. The van der Waals surface area contributed by atoms with Gasteiger partial charge in [0.1, 0.15) is 4.32 Å². The molecule has 0 aliphatic carbocycles. The third kappa shape index (κ3) is 3.46. The van der Waals surface area contributed by atoms with Gasteiger partial charge in [0, 0.05) is 23.7 Å². The SMILES string of the molecule is CCN(CC)C(=S)S[C@H]1CS(=O)(=O)C=C1C. The van der Waals surface area contributed by atoms with Crippen LogP contribution in [0.2, 0.25) is 0 Å². The molecule has 16 heavy (non-hydrogen) atoms. The van der Waals surface area contributed by atoms with Crippen LogP contribution in [0.5, 0.6) is 0 Å². The van der Waals surface area contributed by atoms with E-state index >= 15 is 0 Å². The Morgan fingerprint density at radius 2 is 2.12 bits per heavy atom. The first-order chi connectivity index (χ1) is 7.39. The Hall–Kier alpha value is -0.0700. The number of thiocarbonyl (C=S) groups is 1. The third-order valence-corrected chi connectivity index (χ3v) is 6.09. The van der Waals surface area contributed by atoms with Crippen LogP contribution < -0.4 is 0 Å². The zero-order valence-electron chi connectivity index (χ0n) is 9.76. The molecular formula is C10H17NO2S3. The van der Waals surface area contributed by atoms with Gasteiger partial charge in [-0.05, 0) is 26.3 Å². The minimum absolute atomic E-state index is 0.00176. The second-order valence-electron chi connectivity index (χ2n) is 3.74. The molecule has 1 aliphatic rings. The molecule has 1 rings (SSSR count). The van der Waals surface area contributed by atoms with Crippen molar-refractivity contribution in [2.24, 2.45) is 0 Å². The van der Waals surface area contributed by atoms with Crippen molar-refractivity contribution in [2.75, 3.05) is 18.8 Å². The maximum Gasteiger partial charge on any atom is 0.173 e. The molecule has 0 saturated heterocycles. The lowest BCUT2D eigenvalue weighted by atomic mass is 10.3. The van der Waals surface area contributed by atoms with Gasteiger partial charge in [-0.1, -0.05) is 24.0 Å². The van der Waals surface area contributed by atoms with Gasteiger partial charge in [-0.15, -0.1) is 0 Å². The molecular weight excluding hydrogens is 262 g/mol. The van der Waals surface area contributed by atoms with E-state index < -0.39 is 9.84 Å². The van der Waals surface area contributed by atoms with E-state index in [-0.39, 0.29) is 11.0 Å². The van der Waals surface area contributed by atoms with Crippen LogP contribution in [-0.4, -0.2) is 41.7 Å². The molecule has 0 aromatic rings. The Balaban J connectivity index is 2.64. The summed E-state index contributed by atoms with van der Waals surface area (Å²) in [5.41, 5.74) is 0.902. The summed E-state index contributed by atoms with van der Waals surface area (Å²) in [5, 5.41) is 1.37. The number of rotatable bonds is 3. The van der Waals surface area contributed by atoms with E-state index in [1.54, 1.807) is 0 Å². The Morgan fingerprint density at radius 3 is 2.50 bits per heavy atom. The molecule has 1 atom stereocenters. The second kappa shape index (κ2) is 5.51. The molecule has 0 aromatic heterocycles. The Labute approximate surface area is 107 Å². The lowest BCUT2D eigenvalue weighted by Gasteiger charge is -2.23. The molecule has 92 valence electrons. The first kappa shape index (κ1) is 14.0. The van der Waals surface area contributed by atoms with Crippen LogP contribution >= 0.6 is 24.0 Å². The minimum atomic E-state index is -2.99. The van der Waals surface area contributed by atoms with E-state index in [1.807, 2.05) is 20.8 Å². The summed E-state index contributed by atoms with van der Waals surface area (Å²) in [6, 6.07) is 0. The number of thioether (sulfide) groups is 1. The van der Waals surface area contributed by atoms with Crippen LogP contribution in [0.25, 0.3) is 0 Å². The molecule has 0 aromatic carbocycles. The highest BCUT2D eigenvalue weighted by atomic mass is 32.2. The summed E-state index contributed by atoms with van der Waals surface area (Å²) >= 11 is 6.79. The van der Waals surface area contributed by atoms with E-state index in [1.165, 1.54) is 17.2 Å². The number of hydrogen-bond acceptors (Lipinski definition) is 4. The Kier molecular flexibility index (Phi) is 4.82. The normalized spacial score (nSPS) is 22.9. The Bertz CT molecular complexity index is 396. The van der Waals surface area contributed by atoms with E-state index in [4.69, 9.17) is 12.2 Å². The monoisotopic (exact) mass is 279 g/mol. The first-order valence-electron chi connectivity index (χ1n) is 5.26. The molecule has 1 heterocycles. The van der Waals surface area contributed by atoms with Crippen LogP contribution in [-0.2, 0) is 9.84 Å². The number of sulfone groups is 1. The molecule has 0 N–H and O–H groups in total. The average molecular weight is 279 g/mol. The maximum absolute atomic E-state index is 11.4. The van der Waals surface area contributed by atoms with Gasteiger partial charge < -0.3 is 4.90 Å². The molecule has 0 amide bonds. The van der Waals surface area contributed by atoms with Gasteiger partial charge >= 0.3 is 0 Å². The third-order valence-electron chi connectivity index (χ3n) is 2.52.